The normalized spacial score (nSPS) is 16.4. The van der Waals surface area contributed by atoms with Crippen LogP contribution in [0.15, 0.2) is 42.7 Å². The lowest BCUT2D eigenvalue weighted by atomic mass is 9.85. The Kier molecular flexibility index (Phi) is 5.01. The van der Waals surface area contributed by atoms with Crippen LogP contribution in [-0.4, -0.2) is 34.5 Å². The van der Waals surface area contributed by atoms with Crippen molar-refractivity contribution in [3.63, 3.8) is 0 Å². The van der Waals surface area contributed by atoms with Crippen LogP contribution in [0.4, 0.5) is 0 Å². The number of ether oxygens (including phenoxy) is 4. The molecule has 0 saturated carbocycles. The van der Waals surface area contributed by atoms with Gasteiger partial charge < -0.3 is 24.3 Å². The molecule has 5 nitrogen and oxygen atoms in total. The maximum atomic E-state index is 5.58. The minimum absolute atomic E-state index is 0.222. The largest absolute Gasteiger partial charge is 0.505 e. The Morgan fingerprint density at radius 2 is 1.54 bits per heavy atom. The van der Waals surface area contributed by atoms with Crippen LogP contribution < -0.4 is 19.5 Å². The molecule has 3 aromatic rings. The van der Waals surface area contributed by atoms with E-state index in [1.54, 1.807) is 34.7 Å². The molecular formula is C23H25NO4. The average molecular weight is 379 g/mol. The molecule has 0 unspecified atom stereocenters. The van der Waals surface area contributed by atoms with Crippen molar-refractivity contribution < 1.29 is 18.9 Å². The monoisotopic (exact) mass is 379 g/mol. The second kappa shape index (κ2) is 7.60. The minimum atomic E-state index is 0.222. The molecule has 0 bridgehead atoms. The zero-order valence-corrected chi connectivity index (χ0v) is 16.7. The quantitative estimate of drug-likeness (QED) is 0.532. The van der Waals surface area contributed by atoms with E-state index in [2.05, 4.69) is 35.7 Å². The topological polar surface area (TPSA) is 49.0 Å². The first kappa shape index (κ1) is 18.4. The van der Waals surface area contributed by atoms with Crippen molar-refractivity contribution in [2.75, 3.05) is 28.4 Å². The third-order valence-corrected chi connectivity index (χ3v) is 5.47. The molecule has 4 rings (SSSR count). The molecule has 0 saturated heterocycles. The Hall–Kier alpha value is -2.92. The summed E-state index contributed by atoms with van der Waals surface area (Å²) >= 11 is 0. The van der Waals surface area contributed by atoms with Crippen LogP contribution in [0.2, 0.25) is 0 Å². The summed E-state index contributed by atoms with van der Waals surface area (Å²) in [6.45, 7) is 0.793. The molecule has 3 aromatic carbocycles. The van der Waals surface area contributed by atoms with Crippen LogP contribution in [0.5, 0.6) is 17.2 Å². The highest BCUT2D eigenvalue weighted by Crippen LogP contribution is 2.42. The summed E-state index contributed by atoms with van der Waals surface area (Å²) < 4.78 is 21.8. The number of nitrogens with one attached hydrogen (secondary N) is 1. The van der Waals surface area contributed by atoms with Crippen LogP contribution >= 0.6 is 0 Å². The molecule has 1 N–H and O–H groups in total. The lowest BCUT2D eigenvalue weighted by molar-refractivity contribution is 0.333. The van der Waals surface area contributed by atoms with Gasteiger partial charge in [-0.1, -0.05) is 6.07 Å². The van der Waals surface area contributed by atoms with Crippen LogP contribution in [-0.2, 0) is 17.7 Å². The van der Waals surface area contributed by atoms with E-state index in [9.17, 15) is 0 Å². The standard InChI is InChI=1S/C23H25NO4/c1-25-8-7-14-9-17-19-11-22(27-3)23(28-4)12-20(19)18-10-15(26-2)5-6-16(18)21(17)13-24-14/h5-8,10-12,14,24H,9,13H2,1-4H3/b8-7+/t14-/m1/s1. The van der Waals surface area contributed by atoms with Gasteiger partial charge in [0.05, 0.1) is 34.7 Å². The molecule has 1 aliphatic heterocycles. The Balaban J connectivity index is 2.04. The summed E-state index contributed by atoms with van der Waals surface area (Å²) in [6, 6.07) is 10.6. The molecule has 1 atom stereocenters. The number of methoxy groups -OCH3 is 4. The summed E-state index contributed by atoms with van der Waals surface area (Å²) in [7, 11) is 6.70. The smallest absolute Gasteiger partial charge is 0.161 e. The summed E-state index contributed by atoms with van der Waals surface area (Å²) in [5.74, 6) is 2.30. The first-order valence-corrected chi connectivity index (χ1v) is 9.30. The van der Waals surface area contributed by atoms with E-state index in [0.717, 1.165) is 41.0 Å². The molecule has 1 heterocycles. The fourth-order valence-electron chi connectivity index (χ4n) is 4.08. The number of rotatable bonds is 5. The molecule has 0 aromatic heterocycles. The first-order chi connectivity index (χ1) is 13.7. The highest BCUT2D eigenvalue weighted by molar-refractivity contribution is 6.12. The molecule has 1 aliphatic rings. The molecule has 0 aliphatic carbocycles. The third-order valence-electron chi connectivity index (χ3n) is 5.47. The van der Waals surface area contributed by atoms with Crippen molar-refractivity contribution in [3.05, 3.63) is 53.8 Å². The maximum Gasteiger partial charge on any atom is 0.161 e. The van der Waals surface area contributed by atoms with Gasteiger partial charge in [-0.25, -0.2) is 0 Å². The Morgan fingerprint density at radius 1 is 0.821 bits per heavy atom. The molecule has 0 fully saturated rings. The number of fused-ring (bicyclic) bond motifs is 6. The third kappa shape index (κ3) is 3.02. The van der Waals surface area contributed by atoms with E-state index >= 15 is 0 Å². The lowest BCUT2D eigenvalue weighted by Gasteiger charge is -2.27. The molecule has 0 radical (unpaired) electrons. The highest BCUT2D eigenvalue weighted by Gasteiger charge is 2.23. The van der Waals surface area contributed by atoms with Gasteiger partial charge >= 0.3 is 0 Å². The summed E-state index contributed by atoms with van der Waals surface area (Å²) in [5.41, 5.74) is 2.65. The van der Waals surface area contributed by atoms with Crippen molar-refractivity contribution in [3.8, 4) is 17.2 Å². The Morgan fingerprint density at radius 3 is 2.21 bits per heavy atom. The van der Waals surface area contributed by atoms with Gasteiger partial charge in [-0.15, -0.1) is 0 Å². The Bertz CT molecular complexity index is 1060. The van der Waals surface area contributed by atoms with Crippen molar-refractivity contribution in [2.45, 2.75) is 19.0 Å². The van der Waals surface area contributed by atoms with Crippen LogP contribution in [0, 0.1) is 0 Å². The van der Waals surface area contributed by atoms with E-state index in [1.807, 2.05) is 6.07 Å². The SMILES string of the molecule is CO/C=C/[C@@H]1Cc2c(c3ccc(OC)cc3c3cc(OC)c(OC)cc23)CN1. The average Bonchev–Trinajstić information content (AvgIpc) is 2.76. The second-order valence-corrected chi connectivity index (χ2v) is 6.88. The Labute approximate surface area is 164 Å². The van der Waals surface area contributed by atoms with Gasteiger partial charge in [-0.3, -0.25) is 0 Å². The van der Waals surface area contributed by atoms with E-state index in [1.165, 1.54) is 21.9 Å². The van der Waals surface area contributed by atoms with E-state index in [0.29, 0.717) is 0 Å². The van der Waals surface area contributed by atoms with Crippen LogP contribution in [0.25, 0.3) is 21.5 Å². The molecule has 0 amide bonds. The van der Waals surface area contributed by atoms with Crippen molar-refractivity contribution in [2.24, 2.45) is 0 Å². The summed E-state index contributed by atoms with van der Waals surface area (Å²) in [6.07, 6.45) is 4.68. The van der Waals surface area contributed by atoms with Gasteiger partial charge in [0.1, 0.15) is 5.75 Å². The first-order valence-electron chi connectivity index (χ1n) is 9.30. The second-order valence-electron chi connectivity index (χ2n) is 6.88. The number of benzene rings is 3. The van der Waals surface area contributed by atoms with Gasteiger partial charge in [-0.2, -0.15) is 0 Å². The lowest BCUT2D eigenvalue weighted by Crippen LogP contribution is -2.34. The van der Waals surface area contributed by atoms with Crippen LogP contribution in [0.1, 0.15) is 11.1 Å². The van der Waals surface area contributed by atoms with Crippen molar-refractivity contribution in [1.82, 2.24) is 5.32 Å². The van der Waals surface area contributed by atoms with E-state index < -0.39 is 0 Å². The molecule has 28 heavy (non-hydrogen) atoms. The number of hydrogen-bond donors (Lipinski definition) is 1. The van der Waals surface area contributed by atoms with E-state index in [4.69, 9.17) is 18.9 Å². The molecule has 0 spiro atoms. The van der Waals surface area contributed by atoms with Crippen molar-refractivity contribution >= 4 is 21.5 Å². The fourth-order valence-corrected chi connectivity index (χ4v) is 4.08. The maximum absolute atomic E-state index is 5.58. The molecular weight excluding hydrogens is 354 g/mol. The molecule has 5 heteroatoms. The van der Waals surface area contributed by atoms with Gasteiger partial charge in [-0.05, 0) is 69.4 Å². The molecule has 146 valence electrons. The van der Waals surface area contributed by atoms with Gasteiger partial charge in [0.15, 0.2) is 11.5 Å². The number of hydrogen-bond acceptors (Lipinski definition) is 5. The fraction of sp³-hybridized carbons (Fsp3) is 0.304. The van der Waals surface area contributed by atoms with Gasteiger partial charge in [0.25, 0.3) is 0 Å². The van der Waals surface area contributed by atoms with Gasteiger partial charge in [0.2, 0.25) is 0 Å². The predicted molar refractivity (Wildman–Crippen MR) is 112 cm³/mol. The van der Waals surface area contributed by atoms with Gasteiger partial charge in [0, 0.05) is 12.6 Å². The summed E-state index contributed by atoms with van der Waals surface area (Å²) in [4.78, 5) is 0. The van der Waals surface area contributed by atoms with E-state index in [-0.39, 0.29) is 6.04 Å². The predicted octanol–water partition coefficient (Wildman–Crippen LogP) is 4.19. The van der Waals surface area contributed by atoms with Crippen LogP contribution in [0.3, 0.4) is 0 Å². The van der Waals surface area contributed by atoms with Crippen molar-refractivity contribution in [1.29, 1.82) is 0 Å². The highest BCUT2D eigenvalue weighted by atomic mass is 16.5. The minimum Gasteiger partial charge on any atom is -0.505 e. The summed E-state index contributed by atoms with van der Waals surface area (Å²) in [5, 5.41) is 8.31. The zero-order valence-electron chi connectivity index (χ0n) is 16.7. The zero-order chi connectivity index (χ0) is 19.7.